The van der Waals surface area contributed by atoms with Gasteiger partial charge in [0.15, 0.2) is 0 Å². The molecule has 84 valence electrons. The van der Waals surface area contributed by atoms with Gasteiger partial charge < -0.3 is 0 Å². The molecule has 0 saturated heterocycles. The van der Waals surface area contributed by atoms with Crippen LogP contribution in [0.15, 0.2) is 42.0 Å². The van der Waals surface area contributed by atoms with E-state index in [1.54, 1.807) is 12.1 Å². The van der Waals surface area contributed by atoms with Crippen LogP contribution in [0.2, 0.25) is 0 Å². The summed E-state index contributed by atoms with van der Waals surface area (Å²) in [5.74, 6) is -0.151. The molecule has 1 heteroatoms. The van der Waals surface area contributed by atoms with Crippen molar-refractivity contribution >= 4 is 5.57 Å². The predicted molar refractivity (Wildman–Crippen MR) is 66.6 cm³/mol. The van der Waals surface area contributed by atoms with Crippen molar-refractivity contribution in [2.75, 3.05) is 0 Å². The van der Waals surface area contributed by atoms with Gasteiger partial charge in [-0.15, -0.1) is 0 Å². The van der Waals surface area contributed by atoms with Crippen molar-refractivity contribution in [3.8, 4) is 0 Å². The fourth-order valence-electron chi connectivity index (χ4n) is 2.14. The topological polar surface area (TPSA) is 0 Å². The second-order valence-corrected chi connectivity index (χ2v) is 4.28. The van der Waals surface area contributed by atoms with Crippen LogP contribution in [0.1, 0.15) is 38.2 Å². The maximum absolute atomic E-state index is 13.1. The van der Waals surface area contributed by atoms with Crippen molar-refractivity contribution in [3.63, 3.8) is 0 Å². The van der Waals surface area contributed by atoms with Crippen LogP contribution in [0.25, 0.3) is 5.57 Å². The molecule has 0 unspecified atom stereocenters. The molecule has 0 aliphatic heterocycles. The van der Waals surface area contributed by atoms with Gasteiger partial charge in [0.05, 0.1) is 0 Å². The van der Waals surface area contributed by atoms with Gasteiger partial charge in [-0.05, 0) is 42.5 Å². The van der Waals surface area contributed by atoms with Crippen LogP contribution in [0, 0.1) is 5.82 Å². The molecule has 0 radical (unpaired) electrons. The zero-order chi connectivity index (χ0) is 11.4. The summed E-state index contributed by atoms with van der Waals surface area (Å²) in [5, 5.41) is 0. The average molecular weight is 216 g/mol. The molecule has 1 aliphatic carbocycles. The number of hydrogen-bond acceptors (Lipinski definition) is 0. The first-order valence-electron chi connectivity index (χ1n) is 5.94. The fraction of sp³-hybridized carbons (Fsp3) is 0.333. The van der Waals surface area contributed by atoms with Gasteiger partial charge in [0, 0.05) is 0 Å². The molecule has 1 aromatic carbocycles. The van der Waals surface area contributed by atoms with E-state index in [0.29, 0.717) is 0 Å². The quantitative estimate of drug-likeness (QED) is 0.685. The van der Waals surface area contributed by atoms with Gasteiger partial charge in [-0.1, -0.05) is 43.2 Å². The zero-order valence-corrected chi connectivity index (χ0v) is 9.67. The third kappa shape index (κ3) is 2.60. The summed E-state index contributed by atoms with van der Waals surface area (Å²) in [7, 11) is 0. The molecule has 0 atom stereocenters. The zero-order valence-electron chi connectivity index (χ0n) is 9.67. The highest BCUT2D eigenvalue weighted by Gasteiger charge is 2.08. The number of halogens is 1. The molecule has 0 amide bonds. The van der Waals surface area contributed by atoms with E-state index in [1.807, 2.05) is 6.07 Å². The lowest BCUT2D eigenvalue weighted by atomic mass is 9.91. The van der Waals surface area contributed by atoms with Crippen molar-refractivity contribution in [1.29, 1.82) is 0 Å². The Hall–Kier alpha value is -1.37. The van der Waals surface area contributed by atoms with Crippen LogP contribution in [-0.2, 0) is 0 Å². The second-order valence-electron chi connectivity index (χ2n) is 4.28. The molecule has 1 aromatic rings. The van der Waals surface area contributed by atoms with E-state index in [9.17, 15) is 4.39 Å². The molecular formula is C15H17F. The van der Waals surface area contributed by atoms with E-state index >= 15 is 0 Å². The van der Waals surface area contributed by atoms with Crippen LogP contribution < -0.4 is 0 Å². The van der Waals surface area contributed by atoms with Gasteiger partial charge in [0.25, 0.3) is 0 Å². The lowest BCUT2D eigenvalue weighted by Gasteiger charge is -2.14. The van der Waals surface area contributed by atoms with E-state index in [2.05, 4.69) is 19.1 Å². The SMILES string of the molecule is CCCC1=CC=C(c2cccc(F)c2)CC1. The molecule has 2 rings (SSSR count). The molecule has 0 bridgehead atoms. The van der Waals surface area contributed by atoms with Crippen LogP contribution >= 0.6 is 0 Å². The van der Waals surface area contributed by atoms with E-state index in [0.717, 1.165) is 18.4 Å². The Balaban J connectivity index is 2.18. The van der Waals surface area contributed by atoms with Gasteiger partial charge in [0.2, 0.25) is 0 Å². The van der Waals surface area contributed by atoms with Crippen molar-refractivity contribution in [3.05, 3.63) is 53.4 Å². The Morgan fingerprint density at radius 3 is 2.69 bits per heavy atom. The maximum Gasteiger partial charge on any atom is 0.123 e. The van der Waals surface area contributed by atoms with Crippen molar-refractivity contribution in [2.24, 2.45) is 0 Å². The van der Waals surface area contributed by atoms with Crippen molar-refractivity contribution in [2.45, 2.75) is 32.6 Å². The van der Waals surface area contributed by atoms with Gasteiger partial charge in [0.1, 0.15) is 5.82 Å². The summed E-state index contributed by atoms with van der Waals surface area (Å²) >= 11 is 0. The molecular weight excluding hydrogens is 199 g/mol. The van der Waals surface area contributed by atoms with E-state index < -0.39 is 0 Å². The monoisotopic (exact) mass is 216 g/mol. The lowest BCUT2D eigenvalue weighted by molar-refractivity contribution is 0.627. The molecule has 1 aliphatic rings. The Morgan fingerprint density at radius 2 is 2.06 bits per heavy atom. The van der Waals surface area contributed by atoms with E-state index in [-0.39, 0.29) is 5.82 Å². The summed E-state index contributed by atoms with van der Waals surface area (Å²) < 4.78 is 13.1. The van der Waals surface area contributed by atoms with Crippen LogP contribution in [0.4, 0.5) is 4.39 Å². The minimum Gasteiger partial charge on any atom is -0.207 e. The van der Waals surface area contributed by atoms with Crippen molar-refractivity contribution < 1.29 is 4.39 Å². The van der Waals surface area contributed by atoms with Crippen molar-refractivity contribution in [1.82, 2.24) is 0 Å². The molecule has 16 heavy (non-hydrogen) atoms. The smallest absolute Gasteiger partial charge is 0.123 e. The minimum absolute atomic E-state index is 0.151. The van der Waals surface area contributed by atoms with Crippen LogP contribution in [0.5, 0.6) is 0 Å². The predicted octanol–water partition coefficient (Wildman–Crippen LogP) is 4.73. The third-order valence-corrected chi connectivity index (χ3v) is 3.00. The molecule has 0 N–H and O–H groups in total. The standard InChI is InChI=1S/C15H17F/c1-2-4-12-7-9-13(10-8-12)14-5-3-6-15(16)11-14/h3,5-7,9,11H,2,4,8,10H2,1H3. The van der Waals surface area contributed by atoms with Crippen LogP contribution in [-0.4, -0.2) is 0 Å². The molecule has 0 aromatic heterocycles. The highest BCUT2D eigenvalue weighted by atomic mass is 19.1. The van der Waals surface area contributed by atoms with Gasteiger partial charge in [-0.3, -0.25) is 0 Å². The Labute approximate surface area is 96.5 Å². The Bertz CT molecular complexity index is 427. The van der Waals surface area contributed by atoms with Gasteiger partial charge in [-0.25, -0.2) is 4.39 Å². The van der Waals surface area contributed by atoms with E-state index in [1.165, 1.54) is 30.1 Å². The largest absolute Gasteiger partial charge is 0.207 e. The molecule has 0 nitrogen and oxygen atoms in total. The highest BCUT2D eigenvalue weighted by molar-refractivity contribution is 5.68. The first-order valence-corrected chi connectivity index (χ1v) is 5.94. The minimum atomic E-state index is -0.151. The Morgan fingerprint density at radius 1 is 1.19 bits per heavy atom. The average Bonchev–Trinajstić information content (AvgIpc) is 2.30. The van der Waals surface area contributed by atoms with Crippen LogP contribution in [0.3, 0.4) is 0 Å². The summed E-state index contributed by atoms with van der Waals surface area (Å²) in [6.07, 6.45) is 8.89. The molecule has 0 fully saturated rings. The first-order chi connectivity index (χ1) is 7.79. The maximum atomic E-state index is 13.1. The number of hydrogen-bond donors (Lipinski definition) is 0. The first kappa shape index (κ1) is 11.1. The van der Waals surface area contributed by atoms with E-state index in [4.69, 9.17) is 0 Å². The second kappa shape index (κ2) is 5.11. The lowest BCUT2D eigenvalue weighted by Crippen LogP contribution is -1.94. The summed E-state index contributed by atoms with van der Waals surface area (Å²) in [6, 6.07) is 6.86. The summed E-state index contributed by atoms with van der Waals surface area (Å²) in [5.41, 5.74) is 3.79. The normalized spacial score (nSPS) is 15.6. The highest BCUT2D eigenvalue weighted by Crippen LogP contribution is 2.28. The molecule has 0 spiro atoms. The van der Waals surface area contributed by atoms with Gasteiger partial charge in [-0.2, -0.15) is 0 Å². The fourth-order valence-corrected chi connectivity index (χ4v) is 2.14. The summed E-state index contributed by atoms with van der Waals surface area (Å²) in [4.78, 5) is 0. The number of allylic oxidation sites excluding steroid dienone is 4. The summed E-state index contributed by atoms with van der Waals surface area (Å²) in [6.45, 7) is 2.20. The van der Waals surface area contributed by atoms with Gasteiger partial charge >= 0.3 is 0 Å². The Kier molecular flexibility index (Phi) is 3.55. The third-order valence-electron chi connectivity index (χ3n) is 3.00. The molecule has 0 saturated carbocycles. The number of benzene rings is 1. The molecule has 0 heterocycles. The number of rotatable bonds is 3.